The number of hydrogen-bond acceptors (Lipinski definition) is 2. The van der Waals surface area contributed by atoms with Crippen LogP contribution in [0.4, 0.5) is 18.9 Å². The van der Waals surface area contributed by atoms with Gasteiger partial charge < -0.3 is 9.64 Å². The van der Waals surface area contributed by atoms with Crippen LogP contribution in [0.15, 0.2) is 18.2 Å². The lowest BCUT2D eigenvalue weighted by atomic mass is 10.0. The summed E-state index contributed by atoms with van der Waals surface area (Å²) in [6.07, 6.45) is -2.63. The number of anilines is 1. The Morgan fingerprint density at radius 2 is 1.95 bits per heavy atom. The lowest BCUT2D eigenvalue weighted by molar-refractivity contribution is -0.138. The van der Waals surface area contributed by atoms with Crippen LogP contribution in [0.2, 0.25) is 0 Å². The van der Waals surface area contributed by atoms with E-state index in [0.29, 0.717) is 18.9 Å². The van der Waals surface area contributed by atoms with Gasteiger partial charge in [-0.2, -0.15) is 13.2 Å². The summed E-state index contributed by atoms with van der Waals surface area (Å²) in [7, 11) is 1.85. The van der Waals surface area contributed by atoms with Gasteiger partial charge >= 0.3 is 6.18 Å². The Morgan fingerprint density at radius 3 is 2.50 bits per heavy atom. The zero-order valence-electron chi connectivity index (χ0n) is 11.2. The summed E-state index contributed by atoms with van der Waals surface area (Å²) < 4.78 is 44.5. The van der Waals surface area contributed by atoms with Crippen molar-refractivity contribution in [3.63, 3.8) is 0 Å². The Morgan fingerprint density at radius 1 is 1.30 bits per heavy atom. The first-order valence-corrected chi connectivity index (χ1v) is 7.62. The number of rotatable bonds is 3. The molecule has 0 bridgehead atoms. The van der Waals surface area contributed by atoms with E-state index in [-0.39, 0.29) is 16.9 Å². The van der Waals surface area contributed by atoms with Crippen molar-refractivity contribution in [1.29, 1.82) is 0 Å². The first-order valence-electron chi connectivity index (χ1n) is 6.50. The molecule has 0 aliphatic carbocycles. The quantitative estimate of drug-likeness (QED) is 0.756. The molecule has 0 spiro atoms. The molecule has 0 amide bonds. The monoisotopic (exact) mass is 351 g/mol. The Bertz CT molecular complexity index is 458. The van der Waals surface area contributed by atoms with E-state index >= 15 is 0 Å². The molecule has 1 aliphatic heterocycles. The van der Waals surface area contributed by atoms with Crippen LogP contribution in [0.5, 0.6) is 0 Å². The minimum Gasteiger partial charge on any atom is -0.381 e. The number of nitrogens with zero attached hydrogens (tertiary/aromatic N) is 1. The van der Waals surface area contributed by atoms with Crippen molar-refractivity contribution in [2.75, 3.05) is 25.2 Å². The normalized spacial score (nSPS) is 17.2. The van der Waals surface area contributed by atoms with E-state index in [4.69, 9.17) is 4.74 Å². The fourth-order valence-corrected chi connectivity index (χ4v) is 2.94. The molecule has 0 radical (unpaired) electrons. The summed E-state index contributed by atoms with van der Waals surface area (Å²) in [5, 5.41) is 0.198. The minimum absolute atomic E-state index is 0.198. The van der Waals surface area contributed by atoms with Gasteiger partial charge in [0.1, 0.15) is 0 Å². The lowest BCUT2D eigenvalue weighted by Gasteiger charge is -2.33. The molecule has 0 aromatic heterocycles. The highest BCUT2D eigenvalue weighted by Gasteiger charge is 2.34. The van der Waals surface area contributed by atoms with Crippen LogP contribution < -0.4 is 4.90 Å². The maximum atomic E-state index is 13.1. The summed E-state index contributed by atoms with van der Waals surface area (Å²) in [5.41, 5.74) is 0.307. The number of halogens is 4. The van der Waals surface area contributed by atoms with Gasteiger partial charge in [0.2, 0.25) is 0 Å². The molecular formula is C14H17BrF3NO. The molecule has 0 saturated carbocycles. The van der Waals surface area contributed by atoms with Crippen LogP contribution in [-0.4, -0.2) is 26.3 Å². The molecule has 0 atom stereocenters. The molecule has 1 aromatic carbocycles. The minimum atomic E-state index is -4.32. The van der Waals surface area contributed by atoms with Gasteiger partial charge in [0.25, 0.3) is 0 Å². The molecule has 1 aliphatic rings. The van der Waals surface area contributed by atoms with Crippen molar-refractivity contribution in [3.05, 3.63) is 29.3 Å². The number of ether oxygens (including phenoxy) is 1. The fraction of sp³-hybridized carbons (Fsp3) is 0.571. The predicted octanol–water partition coefficient (Wildman–Crippen LogP) is 4.22. The molecule has 112 valence electrons. The maximum Gasteiger partial charge on any atom is 0.416 e. The predicted molar refractivity (Wildman–Crippen MR) is 76.3 cm³/mol. The SMILES string of the molecule is CN(c1ccc(CBr)c(C(F)(F)F)c1)C1CCOCC1. The molecule has 1 fully saturated rings. The summed E-state index contributed by atoms with van der Waals surface area (Å²) in [6, 6.07) is 4.77. The van der Waals surface area contributed by atoms with Gasteiger partial charge in [0, 0.05) is 37.3 Å². The molecular weight excluding hydrogens is 335 g/mol. The molecule has 6 heteroatoms. The number of benzene rings is 1. The first-order chi connectivity index (χ1) is 9.43. The standard InChI is InChI=1S/C14H17BrF3NO/c1-19(11-4-6-20-7-5-11)12-3-2-10(9-15)13(8-12)14(16,17)18/h2-3,8,11H,4-7,9H2,1H3. The Balaban J connectivity index is 2.28. The Labute approximate surface area is 125 Å². The van der Waals surface area contributed by atoms with Gasteiger partial charge in [-0.25, -0.2) is 0 Å². The molecule has 1 saturated heterocycles. The van der Waals surface area contributed by atoms with Crippen LogP contribution in [0.3, 0.4) is 0 Å². The summed E-state index contributed by atoms with van der Waals surface area (Å²) >= 11 is 3.11. The van der Waals surface area contributed by atoms with E-state index in [1.165, 1.54) is 6.07 Å². The summed E-state index contributed by atoms with van der Waals surface area (Å²) in [6.45, 7) is 1.33. The molecule has 1 heterocycles. The maximum absolute atomic E-state index is 13.1. The highest BCUT2D eigenvalue weighted by atomic mass is 79.9. The van der Waals surface area contributed by atoms with Gasteiger partial charge in [-0.05, 0) is 30.5 Å². The van der Waals surface area contributed by atoms with Crippen LogP contribution in [0.25, 0.3) is 0 Å². The average Bonchev–Trinajstić information content (AvgIpc) is 2.46. The third-order valence-corrected chi connectivity index (χ3v) is 4.29. The van der Waals surface area contributed by atoms with E-state index in [2.05, 4.69) is 15.9 Å². The van der Waals surface area contributed by atoms with Crippen molar-refractivity contribution in [2.45, 2.75) is 30.4 Å². The molecule has 20 heavy (non-hydrogen) atoms. The van der Waals surface area contributed by atoms with Gasteiger partial charge in [0.15, 0.2) is 0 Å². The summed E-state index contributed by atoms with van der Waals surface area (Å²) in [4.78, 5) is 1.93. The number of alkyl halides is 4. The van der Waals surface area contributed by atoms with E-state index in [1.807, 2.05) is 11.9 Å². The zero-order chi connectivity index (χ0) is 14.8. The van der Waals surface area contributed by atoms with Crippen LogP contribution in [-0.2, 0) is 16.2 Å². The Kier molecular flexibility index (Phi) is 4.96. The van der Waals surface area contributed by atoms with Crippen molar-refractivity contribution < 1.29 is 17.9 Å². The Hall–Kier alpha value is -0.750. The second-order valence-corrected chi connectivity index (χ2v) is 5.49. The van der Waals surface area contributed by atoms with Crippen LogP contribution >= 0.6 is 15.9 Å². The van der Waals surface area contributed by atoms with E-state index in [1.54, 1.807) is 12.1 Å². The van der Waals surface area contributed by atoms with Crippen LogP contribution in [0, 0.1) is 0 Å². The average molecular weight is 352 g/mol. The third-order valence-electron chi connectivity index (χ3n) is 3.69. The smallest absolute Gasteiger partial charge is 0.381 e. The largest absolute Gasteiger partial charge is 0.416 e. The number of hydrogen-bond donors (Lipinski definition) is 0. The van der Waals surface area contributed by atoms with Gasteiger partial charge in [-0.15, -0.1) is 0 Å². The molecule has 0 N–H and O–H groups in total. The molecule has 2 nitrogen and oxygen atoms in total. The second-order valence-electron chi connectivity index (χ2n) is 4.93. The van der Waals surface area contributed by atoms with Crippen molar-refractivity contribution >= 4 is 21.6 Å². The highest BCUT2D eigenvalue weighted by Crippen LogP contribution is 2.36. The fourth-order valence-electron chi connectivity index (χ4n) is 2.45. The van der Waals surface area contributed by atoms with Crippen molar-refractivity contribution in [3.8, 4) is 0 Å². The van der Waals surface area contributed by atoms with E-state index in [9.17, 15) is 13.2 Å². The van der Waals surface area contributed by atoms with Crippen molar-refractivity contribution in [1.82, 2.24) is 0 Å². The second kappa shape index (κ2) is 6.35. The van der Waals surface area contributed by atoms with Gasteiger partial charge in [0.05, 0.1) is 5.56 Å². The lowest BCUT2D eigenvalue weighted by Crippen LogP contribution is -2.36. The zero-order valence-corrected chi connectivity index (χ0v) is 12.8. The third kappa shape index (κ3) is 3.47. The van der Waals surface area contributed by atoms with E-state index < -0.39 is 11.7 Å². The first kappa shape index (κ1) is 15.6. The summed E-state index contributed by atoms with van der Waals surface area (Å²) in [5.74, 6) is 0. The molecule has 1 aromatic rings. The van der Waals surface area contributed by atoms with Gasteiger partial charge in [-0.1, -0.05) is 22.0 Å². The molecule has 2 rings (SSSR count). The van der Waals surface area contributed by atoms with E-state index in [0.717, 1.165) is 12.8 Å². The topological polar surface area (TPSA) is 12.5 Å². The van der Waals surface area contributed by atoms with Crippen molar-refractivity contribution in [2.24, 2.45) is 0 Å². The molecule has 0 unspecified atom stereocenters. The highest BCUT2D eigenvalue weighted by molar-refractivity contribution is 9.08. The van der Waals surface area contributed by atoms with Crippen LogP contribution in [0.1, 0.15) is 24.0 Å². The van der Waals surface area contributed by atoms with Gasteiger partial charge in [-0.3, -0.25) is 0 Å².